The maximum Gasteiger partial charge on any atom is 0.245 e. The Morgan fingerprint density at radius 3 is 2.81 bits per heavy atom. The largest absolute Gasteiger partial charge is 0.489 e. The number of amides is 1. The van der Waals surface area contributed by atoms with E-state index in [-0.39, 0.29) is 12.0 Å². The molecule has 6 heteroatoms. The molecule has 2 aromatic rings. The van der Waals surface area contributed by atoms with Crippen molar-refractivity contribution >= 4 is 11.6 Å². The van der Waals surface area contributed by atoms with Crippen molar-refractivity contribution in [3.05, 3.63) is 54.4 Å². The Kier molecular flexibility index (Phi) is 5.48. The molecule has 0 saturated heterocycles. The number of hydrogen-bond acceptors (Lipinski definition) is 5. The Hall–Kier alpha value is -2.44. The van der Waals surface area contributed by atoms with Crippen LogP contribution in [0.1, 0.15) is 32.8 Å². The van der Waals surface area contributed by atoms with E-state index < -0.39 is 11.0 Å². The second kappa shape index (κ2) is 7.66. The monoisotopic (exact) mass is 369 g/mol. The summed E-state index contributed by atoms with van der Waals surface area (Å²) >= 11 is 0. The van der Waals surface area contributed by atoms with Crippen LogP contribution in [0.3, 0.4) is 0 Å². The van der Waals surface area contributed by atoms with Crippen molar-refractivity contribution < 1.29 is 14.3 Å². The normalized spacial score (nSPS) is 23.3. The number of hydrogen-bond donors (Lipinski definition) is 2. The van der Waals surface area contributed by atoms with Gasteiger partial charge in [-0.25, -0.2) is 0 Å². The van der Waals surface area contributed by atoms with Gasteiger partial charge in [0.15, 0.2) is 0 Å². The molecule has 1 aromatic heterocycles. The number of ether oxygens (including phenoxy) is 2. The molecule has 1 aliphatic carbocycles. The second-order valence-corrected chi connectivity index (χ2v) is 7.47. The molecule has 3 N–H and O–H groups in total. The first-order chi connectivity index (χ1) is 12.9. The van der Waals surface area contributed by atoms with Crippen LogP contribution in [0.4, 0.5) is 5.69 Å². The standard InChI is InChI=1S/C21H27N3O3/c1-4-26-18-12-21(22,20(18,2)3)19(25)24-16-8-5-9-17(11-16)27-14-15-7-6-10-23-13-15/h5-11,13,18H,4,12,14,22H2,1-3H3,(H,24,25). The molecule has 27 heavy (non-hydrogen) atoms. The van der Waals surface area contributed by atoms with Crippen molar-refractivity contribution in [1.29, 1.82) is 0 Å². The summed E-state index contributed by atoms with van der Waals surface area (Å²) in [7, 11) is 0. The van der Waals surface area contributed by atoms with Crippen LogP contribution < -0.4 is 15.8 Å². The number of carbonyl (C=O) groups is 1. The van der Waals surface area contributed by atoms with E-state index in [0.717, 1.165) is 5.56 Å². The van der Waals surface area contributed by atoms with Gasteiger partial charge in [0.05, 0.1) is 6.10 Å². The van der Waals surface area contributed by atoms with Crippen molar-refractivity contribution in [3.63, 3.8) is 0 Å². The lowest BCUT2D eigenvalue weighted by Crippen LogP contribution is -2.74. The van der Waals surface area contributed by atoms with Crippen LogP contribution in [-0.2, 0) is 16.1 Å². The number of benzene rings is 1. The van der Waals surface area contributed by atoms with Gasteiger partial charge in [-0.15, -0.1) is 0 Å². The summed E-state index contributed by atoms with van der Waals surface area (Å²) in [5.41, 5.74) is 6.68. The highest BCUT2D eigenvalue weighted by molar-refractivity contribution is 5.99. The third-order valence-electron chi connectivity index (χ3n) is 5.46. The number of nitrogens with one attached hydrogen (secondary N) is 1. The Morgan fingerprint density at radius 1 is 1.33 bits per heavy atom. The van der Waals surface area contributed by atoms with Crippen molar-refractivity contribution in [2.45, 2.75) is 45.4 Å². The first kappa shape index (κ1) is 19.3. The molecule has 1 aliphatic rings. The molecule has 0 aliphatic heterocycles. The fourth-order valence-corrected chi connectivity index (χ4v) is 3.38. The number of anilines is 1. The van der Waals surface area contributed by atoms with Gasteiger partial charge in [-0.05, 0) is 25.1 Å². The molecule has 3 rings (SSSR count). The molecule has 0 radical (unpaired) electrons. The molecule has 1 aromatic carbocycles. The summed E-state index contributed by atoms with van der Waals surface area (Å²) in [5, 5.41) is 2.93. The SMILES string of the molecule is CCOC1CC(N)(C(=O)Nc2cccc(OCc3cccnc3)c2)C1(C)C. The van der Waals surface area contributed by atoms with E-state index in [9.17, 15) is 4.79 Å². The molecule has 2 unspecified atom stereocenters. The number of nitrogens with zero attached hydrogens (tertiary/aromatic N) is 1. The van der Waals surface area contributed by atoms with Crippen molar-refractivity contribution in [2.24, 2.45) is 11.1 Å². The Balaban J connectivity index is 1.63. The Labute approximate surface area is 160 Å². The van der Waals surface area contributed by atoms with E-state index >= 15 is 0 Å². The average Bonchev–Trinajstić information content (AvgIpc) is 2.67. The number of rotatable bonds is 7. The first-order valence-electron chi connectivity index (χ1n) is 9.20. The van der Waals surface area contributed by atoms with Gasteiger partial charge < -0.3 is 20.5 Å². The average molecular weight is 369 g/mol. The Bertz CT molecular complexity index is 794. The van der Waals surface area contributed by atoms with E-state index in [1.54, 1.807) is 18.5 Å². The van der Waals surface area contributed by atoms with E-state index in [1.165, 1.54) is 0 Å². The van der Waals surface area contributed by atoms with Crippen molar-refractivity contribution in [1.82, 2.24) is 4.98 Å². The van der Waals surface area contributed by atoms with Gasteiger partial charge in [-0.1, -0.05) is 26.0 Å². The van der Waals surface area contributed by atoms with Gasteiger partial charge in [0, 0.05) is 48.2 Å². The van der Waals surface area contributed by atoms with Crippen LogP contribution in [-0.4, -0.2) is 29.1 Å². The molecular weight excluding hydrogens is 342 g/mol. The number of carbonyl (C=O) groups excluding carboxylic acids is 1. The molecule has 0 bridgehead atoms. The van der Waals surface area contributed by atoms with E-state index in [4.69, 9.17) is 15.2 Å². The molecule has 144 valence electrons. The fraction of sp³-hybridized carbons (Fsp3) is 0.429. The zero-order chi connectivity index (χ0) is 19.5. The minimum Gasteiger partial charge on any atom is -0.489 e. The van der Waals surface area contributed by atoms with E-state index in [2.05, 4.69) is 10.3 Å². The second-order valence-electron chi connectivity index (χ2n) is 7.47. The molecule has 1 amide bonds. The molecule has 0 spiro atoms. The van der Waals surface area contributed by atoms with E-state index in [1.807, 2.05) is 51.1 Å². The summed E-state index contributed by atoms with van der Waals surface area (Å²) in [6, 6.07) is 11.1. The zero-order valence-corrected chi connectivity index (χ0v) is 16.1. The van der Waals surface area contributed by atoms with Crippen molar-refractivity contribution in [2.75, 3.05) is 11.9 Å². The predicted molar refractivity (Wildman–Crippen MR) is 104 cm³/mol. The van der Waals surface area contributed by atoms with Gasteiger partial charge >= 0.3 is 0 Å². The molecule has 6 nitrogen and oxygen atoms in total. The highest BCUT2D eigenvalue weighted by Crippen LogP contribution is 2.50. The van der Waals surface area contributed by atoms with Crippen LogP contribution in [0.5, 0.6) is 5.75 Å². The highest BCUT2D eigenvalue weighted by Gasteiger charge is 2.62. The highest BCUT2D eigenvalue weighted by atomic mass is 16.5. The van der Waals surface area contributed by atoms with Crippen LogP contribution in [0.2, 0.25) is 0 Å². The Morgan fingerprint density at radius 2 is 2.15 bits per heavy atom. The number of aromatic nitrogens is 1. The van der Waals surface area contributed by atoms with Crippen molar-refractivity contribution in [3.8, 4) is 5.75 Å². The van der Waals surface area contributed by atoms with Crippen LogP contribution >= 0.6 is 0 Å². The lowest BCUT2D eigenvalue weighted by molar-refractivity contribution is -0.166. The smallest absolute Gasteiger partial charge is 0.245 e. The zero-order valence-electron chi connectivity index (χ0n) is 16.1. The summed E-state index contributed by atoms with van der Waals surface area (Å²) in [5.74, 6) is 0.468. The first-order valence-corrected chi connectivity index (χ1v) is 9.20. The topological polar surface area (TPSA) is 86.5 Å². The molecule has 1 saturated carbocycles. The van der Waals surface area contributed by atoms with Crippen LogP contribution in [0, 0.1) is 5.41 Å². The number of nitrogens with two attached hydrogens (primary N) is 1. The molecule has 2 atom stereocenters. The minimum atomic E-state index is -0.959. The van der Waals surface area contributed by atoms with Gasteiger partial charge in [-0.2, -0.15) is 0 Å². The summed E-state index contributed by atoms with van der Waals surface area (Å²) < 4.78 is 11.5. The predicted octanol–water partition coefficient (Wildman–Crippen LogP) is 3.13. The van der Waals surface area contributed by atoms with Crippen LogP contribution in [0.15, 0.2) is 48.8 Å². The molecular formula is C21H27N3O3. The number of pyridine rings is 1. The third kappa shape index (κ3) is 3.82. The quantitative estimate of drug-likeness (QED) is 0.783. The summed E-state index contributed by atoms with van der Waals surface area (Å²) in [6.07, 6.45) is 3.99. The van der Waals surface area contributed by atoms with Gasteiger partial charge in [0.1, 0.15) is 17.9 Å². The van der Waals surface area contributed by atoms with Gasteiger partial charge in [-0.3, -0.25) is 9.78 Å². The van der Waals surface area contributed by atoms with Gasteiger partial charge in [0.25, 0.3) is 0 Å². The minimum absolute atomic E-state index is 0.00704. The lowest BCUT2D eigenvalue weighted by atomic mass is 9.54. The maximum absolute atomic E-state index is 12.8. The molecule has 1 fully saturated rings. The molecule has 1 heterocycles. The van der Waals surface area contributed by atoms with Crippen LogP contribution in [0.25, 0.3) is 0 Å². The lowest BCUT2D eigenvalue weighted by Gasteiger charge is -2.57. The summed E-state index contributed by atoms with van der Waals surface area (Å²) in [6.45, 7) is 6.93. The maximum atomic E-state index is 12.8. The van der Waals surface area contributed by atoms with E-state index in [0.29, 0.717) is 31.1 Å². The van der Waals surface area contributed by atoms with Gasteiger partial charge in [0.2, 0.25) is 5.91 Å². The third-order valence-corrected chi connectivity index (χ3v) is 5.46. The summed E-state index contributed by atoms with van der Waals surface area (Å²) in [4.78, 5) is 16.9. The fourth-order valence-electron chi connectivity index (χ4n) is 3.38.